The summed E-state index contributed by atoms with van der Waals surface area (Å²) < 4.78 is 18.1. The number of aliphatic hydroxyl groups is 1. The van der Waals surface area contributed by atoms with E-state index in [4.69, 9.17) is 4.74 Å². The van der Waals surface area contributed by atoms with Crippen molar-refractivity contribution >= 4 is 0 Å². The second-order valence-corrected chi connectivity index (χ2v) is 4.86. The minimum Gasteiger partial charge on any atom is -0.389 e. The summed E-state index contributed by atoms with van der Waals surface area (Å²) in [5.41, 5.74) is 1.02. The summed E-state index contributed by atoms with van der Waals surface area (Å²) in [6.45, 7) is 5.43. The maximum Gasteiger partial charge on any atom is 0.123 e. The minimum atomic E-state index is -0.502. The molecule has 4 heteroatoms. The molecule has 18 heavy (non-hydrogen) atoms. The van der Waals surface area contributed by atoms with E-state index in [1.54, 1.807) is 12.1 Å². The second kappa shape index (κ2) is 7.46. The van der Waals surface area contributed by atoms with Gasteiger partial charge in [0.25, 0.3) is 0 Å². The maximum absolute atomic E-state index is 12.7. The lowest BCUT2D eigenvalue weighted by atomic mass is 10.2. The Labute approximate surface area is 108 Å². The predicted molar refractivity (Wildman–Crippen MR) is 69.8 cm³/mol. The van der Waals surface area contributed by atoms with Crippen molar-refractivity contribution in [3.8, 4) is 0 Å². The molecule has 0 saturated heterocycles. The van der Waals surface area contributed by atoms with E-state index in [9.17, 15) is 9.50 Å². The molecule has 1 aromatic carbocycles. The summed E-state index contributed by atoms with van der Waals surface area (Å²) in [7, 11) is 1.92. The summed E-state index contributed by atoms with van der Waals surface area (Å²) in [6.07, 6.45) is -0.375. The third kappa shape index (κ3) is 6.10. The van der Waals surface area contributed by atoms with Gasteiger partial charge in [0.2, 0.25) is 0 Å². The fourth-order valence-electron chi connectivity index (χ4n) is 1.68. The van der Waals surface area contributed by atoms with E-state index >= 15 is 0 Å². The lowest BCUT2D eigenvalue weighted by Gasteiger charge is -2.21. The average molecular weight is 255 g/mol. The molecule has 0 amide bonds. The summed E-state index contributed by atoms with van der Waals surface area (Å²) in [4.78, 5) is 1.99. The normalized spacial score (nSPS) is 13.3. The lowest BCUT2D eigenvalue weighted by molar-refractivity contribution is -0.00634. The first kappa shape index (κ1) is 15.1. The molecule has 102 valence electrons. The van der Waals surface area contributed by atoms with Crippen LogP contribution in [-0.2, 0) is 11.3 Å². The van der Waals surface area contributed by atoms with Crippen LogP contribution in [-0.4, -0.2) is 42.4 Å². The van der Waals surface area contributed by atoms with Crippen molar-refractivity contribution in [3.63, 3.8) is 0 Å². The molecule has 1 rings (SSSR count). The Morgan fingerprint density at radius 1 is 1.28 bits per heavy atom. The van der Waals surface area contributed by atoms with Gasteiger partial charge in [0.1, 0.15) is 5.82 Å². The first-order chi connectivity index (χ1) is 8.47. The molecule has 0 heterocycles. The Hall–Kier alpha value is -0.970. The van der Waals surface area contributed by atoms with Crippen LogP contribution in [0, 0.1) is 5.82 Å². The zero-order valence-corrected chi connectivity index (χ0v) is 11.3. The number of hydrogen-bond donors (Lipinski definition) is 1. The number of benzene rings is 1. The molecule has 0 aliphatic rings. The highest BCUT2D eigenvalue weighted by molar-refractivity contribution is 5.15. The van der Waals surface area contributed by atoms with E-state index in [-0.39, 0.29) is 11.9 Å². The van der Waals surface area contributed by atoms with Crippen LogP contribution in [0.25, 0.3) is 0 Å². The van der Waals surface area contributed by atoms with Crippen LogP contribution in [0.3, 0.4) is 0 Å². The number of nitrogens with zero attached hydrogens (tertiary/aromatic N) is 1. The van der Waals surface area contributed by atoms with Crippen molar-refractivity contribution in [1.82, 2.24) is 4.90 Å². The lowest BCUT2D eigenvalue weighted by Crippen LogP contribution is -2.32. The zero-order valence-electron chi connectivity index (χ0n) is 11.3. The zero-order chi connectivity index (χ0) is 13.5. The molecule has 1 unspecified atom stereocenters. The molecular weight excluding hydrogens is 233 g/mol. The van der Waals surface area contributed by atoms with Gasteiger partial charge in [-0.3, -0.25) is 4.90 Å². The quantitative estimate of drug-likeness (QED) is 0.809. The third-order valence-corrected chi connectivity index (χ3v) is 2.51. The SMILES string of the molecule is CC(C)OCC(O)CN(C)Cc1ccc(F)cc1. The summed E-state index contributed by atoms with van der Waals surface area (Å²) in [5, 5.41) is 9.76. The molecule has 0 fully saturated rings. The first-order valence-corrected chi connectivity index (χ1v) is 6.20. The van der Waals surface area contributed by atoms with Gasteiger partial charge in [-0.1, -0.05) is 12.1 Å². The molecule has 0 radical (unpaired) electrons. The van der Waals surface area contributed by atoms with Crippen LogP contribution >= 0.6 is 0 Å². The van der Waals surface area contributed by atoms with Crippen molar-refractivity contribution < 1.29 is 14.2 Å². The Kier molecular flexibility index (Phi) is 6.25. The maximum atomic E-state index is 12.7. The molecule has 0 aliphatic carbocycles. The van der Waals surface area contributed by atoms with Gasteiger partial charge in [-0.15, -0.1) is 0 Å². The van der Waals surface area contributed by atoms with Gasteiger partial charge in [-0.25, -0.2) is 4.39 Å². The van der Waals surface area contributed by atoms with Gasteiger partial charge < -0.3 is 9.84 Å². The van der Waals surface area contributed by atoms with Crippen LogP contribution in [0.2, 0.25) is 0 Å². The molecule has 1 aromatic rings. The highest BCUT2D eigenvalue weighted by Crippen LogP contribution is 2.06. The van der Waals surface area contributed by atoms with Crippen molar-refractivity contribution in [3.05, 3.63) is 35.6 Å². The Morgan fingerprint density at radius 3 is 2.44 bits per heavy atom. The van der Waals surface area contributed by atoms with Crippen molar-refractivity contribution in [2.75, 3.05) is 20.2 Å². The minimum absolute atomic E-state index is 0.127. The summed E-state index contributed by atoms with van der Waals surface area (Å²) in [6, 6.07) is 6.40. The van der Waals surface area contributed by atoms with Gasteiger partial charge in [-0.2, -0.15) is 0 Å². The fourth-order valence-corrected chi connectivity index (χ4v) is 1.68. The number of ether oxygens (including phenoxy) is 1. The smallest absolute Gasteiger partial charge is 0.123 e. The number of hydrogen-bond acceptors (Lipinski definition) is 3. The monoisotopic (exact) mass is 255 g/mol. The molecule has 0 bridgehead atoms. The van der Waals surface area contributed by atoms with E-state index in [1.165, 1.54) is 12.1 Å². The highest BCUT2D eigenvalue weighted by atomic mass is 19.1. The molecular formula is C14H22FNO2. The van der Waals surface area contributed by atoms with Crippen molar-refractivity contribution in [2.45, 2.75) is 32.6 Å². The number of likely N-dealkylation sites (N-methyl/N-ethyl adjacent to an activating group) is 1. The topological polar surface area (TPSA) is 32.7 Å². The van der Waals surface area contributed by atoms with Crippen LogP contribution < -0.4 is 0 Å². The molecule has 1 N–H and O–H groups in total. The Balaban J connectivity index is 2.32. The van der Waals surface area contributed by atoms with E-state index in [0.717, 1.165) is 5.56 Å². The Morgan fingerprint density at radius 2 is 1.89 bits per heavy atom. The molecule has 0 aromatic heterocycles. The van der Waals surface area contributed by atoms with Gasteiger partial charge in [0, 0.05) is 13.1 Å². The van der Waals surface area contributed by atoms with Gasteiger partial charge >= 0.3 is 0 Å². The number of rotatable bonds is 7. The van der Waals surface area contributed by atoms with Crippen LogP contribution in [0.15, 0.2) is 24.3 Å². The highest BCUT2D eigenvalue weighted by Gasteiger charge is 2.09. The summed E-state index contributed by atoms with van der Waals surface area (Å²) >= 11 is 0. The van der Waals surface area contributed by atoms with E-state index in [0.29, 0.717) is 19.7 Å². The van der Waals surface area contributed by atoms with Gasteiger partial charge in [0.05, 0.1) is 18.8 Å². The standard InChI is InChI=1S/C14H22FNO2/c1-11(2)18-10-14(17)9-16(3)8-12-4-6-13(15)7-5-12/h4-7,11,14,17H,8-10H2,1-3H3. The van der Waals surface area contributed by atoms with Gasteiger partial charge in [0.15, 0.2) is 0 Å². The van der Waals surface area contributed by atoms with Crippen molar-refractivity contribution in [2.24, 2.45) is 0 Å². The largest absolute Gasteiger partial charge is 0.389 e. The fraction of sp³-hybridized carbons (Fsp3) is 0.571. The number of aliphatic hydroxyl groups excluding tert-OH is 1. The molecule has 3 nitrogen and oxygen atoms in total. The summed E-state index contributed by atoms with van der Waals surface area (Å²) in [5.74, 6) is -0.230. The number of halogens is 1. The molecule has 0 aliphatic heterocycles. The Bertz CT molecular complexity index is 340. The third-order valence-electron chi connectivity index (χ3n) is 2.51. The van der Waals surface area contributed by atoms with E-state index in [1.807, 2.05) is 25.8 Å². The van der Waals surface area contributed by atoms with E-state index in [2.05, 4.69) is 0 Å². The molecule has 0 spiro atoms. The second-order valence-electron chi connectivity index (χ2n) is 4.86. The van der Waals surface area contributed by atoms with Crippen LogP contribution in [0.4, 0.5) is 4.39 Å². The van der Waals surface area contributed by atoms with Gasteiger partial charge in [-0.05, 0) is 38.6 Å². The molecule has 0 saturated carbocycles. The van der Waals surface area contributed by atoms with Crippen LogP contribution in [0.5, 0.6) is 0 Å². The average Bonchev–Trinajstić information content (AvgIpc) is 2.29. The van der Waals surface area contributed by atoms with E-state index < -0.39 is 6.10 Å². The predicted octanol–water partition coefficient (Wildman–Crippen LogP) is 2.04. The van der Waals surface area contributed by atoms with Crippen molar-refractivity contribution in [1.29, 1.82) is 0 Å². The van der Waals surface area contributed by atoms with Crippen LogP contribution in [0.1, 0.15) is 19.4 Å². The molecule has 1 atom stereocenters. The first-order valence-electron chi connectivity index (χ1n) is 6.20.